The van der Waals surface area contributed by atoms with Gasteiger partial charge < -0.3 is 9.64 Å². The second kappa shape index (κ2) is 6.90. The Hall–Kier alpha value is -1.23. The zero-order chi connectivity index (χ0) is 15.0. The molecular formula is C16H15BrCl2N2O. The van der Waals surface area contributed by atoms with Crippen molar-refractivity contribution in [2.24, 2.45) is 0 Å². The number of fused-ring (bicyclic) bond motifs is 1. The molecule has 0 aromatic heterocycles. The first kappa shape index (κ1) is 17.1. The van der Waals surface area contributed by atoms with E-state index in [4.69, 9.17) is 33.3 Å². The molecule has 0 amide bonds. The number of halogens is 3. The lowest BCUT2D eigenvalue weighted by Gasteiger charge is -2.19. The van der Waals surface area contributed by atoms with Gasteiger partial charge in [-0.15, -0.1) is 17.0 Å². The van der Waals surface area contributed by atoms with E-state index in [1.165, 1.54) is 0 Å². The number of benzene rings is 2. The molecule has 0 aliphatic carbocycles. The third kappa shape index (κ3) is 3.09. The lowest BCUT2D eigenvalue weighted by Crippen LogP contribution is -2.23. The molecular weight excluding hydrogens is 387 g/mol. The predicted molar refractivity (Wildman–Crippen MR) is 95.9 cm³/mol. The van der Waals surface area contributed by atoms with Crippen LogP contribution >= 0.6 is 40.2 Å². The molecule has 3 rings (SSSR count). The maximum absolute atomic E-state index is 8.32. The summed E-state index contributed by atoms with van der Waals surface area (Å²) in [5.41, 5.74) is 2.93. The first-order valence-corrected chi connectivity index (χ1v) is 7.29. The lowest BCUT2D eigenvalue weighted by atomic mass is 10.1. The summed E-state index contributed by atoms with van der Waals surface area (Å²) in [5.74, 6) is 1.30. The topological polar surface area (TPSA) is 36.3 Å². The van der Waals surface area contributed by atoms with Gasteiger partial charge in [-0.3, -0.25) is 5.41 Å². The Balaban J connectivity index is 0.00000176. The Morgan fingerprint density at radius 2 is 1.86 bits per heavy atom. The largest absolute Gasteiger partial charge is 0.496 e. The van der Waals surface area contributed by atoms with Crippen LogP contribution < -0.4 is 4.74 Å². The van der Waals surface area contributed by atoms with E-state index in [-0.39, 0.29) is 17.0 Å². The van der Waals surface area contributed by atoms with E-state index in [1.54, 1.807) is 13.2 Å². The highest BCUT2D eigenvalue weighted by atomic mass is 79.9. The molecule has 0 fully saturated rings. The average molecular weight is 402 g/mol. The number of nitrogens with one attached hydrogen (secondary N) is 1. The molecule has 1 aliphatic rings. The minimum atomic E-state index is 0. The monoisotopic (exact) mass is 400 g/mol. The third-order valence-corrected chi connectivity index (χ3v) is 4.35. The van der Waals surface area contributed by atoms with Gasteiger partial charge in [-0.05, 0) is 23.8 Å². The van der Waals surface area contributed by atoms with Gasteiger partial charge in [-0.1, -0.05) is 41.4 Å². The number of nitrogens with zero attached hydrogens (tertiary/aromatic N) is 1. The number of rotatable bonds is 3. The summed E-state index contributed by atoms with van der Waals surface area (Å²) in [7, 11) is 1.66. The molecule has 0 atom stereocenters. The van der Waals surface area contributed by atoms with Gasteiger partial charge in [0.25, 0.3) is 0 Å². The second-order valence-corrected chi connectivity index (χ2v) is 5.75. The van der Waals surface area contributed by atoms with Gasteiger partial charge in [0, 0.05) is 24.2 Å². The Labute approximate surface area is 150 Å². The highest BCUT2D eigenvalue weighted by Crippen LogP contribution is 2.32. The fraction of sp³-hybridized carbons (Fsp3) is 0.188. The Kier molecular flexibility index (Phi) is 5.37. The molecule has 0 saturated carbocycles. The van der Waals surface area contributed by atoms with Crippen LogP contribution in [0.3, 0.4) is 0 Å². The Bertz CT molecular complexity index is 721. The fourth-order valence-electron chi connectivity index (χ4n) is 2.57. The molecule has 0 radical (unpaired) electrons. The van der Waals surface area contributed by atoms with Crippen molar-refractivity contribution in [3.8, 4) is 5.75 Å². The van der Waals surface area contributed by atoms with Crippen LogP contribution in [0.4, 0.5) is 0 Å². The maximum atomic E-state index is 8.32. The Morgan fingerprint density at radius 3 is 2.59 bits per heavy atom. The zero-order valence-electron chi connectivity index (χ0n) is 11.9. The number of methoxy groups -OCH3 is 1. The van der Waals surface area contributed by atoms with Crippen LogP contribution in [0.15, 0.2) is 36.4 Å². The first-order chi connectivity index (χ1) is 10.1. The SMILES string of the molecule is Br.COc1ccccc1CN1Cc2cc(Cl)c(Cl)cc2C1=N. The highest BCUT2D eigenvalue weighted by Gasteiger charge is 2.26. The van der Waals surface area contributed by atoms with Crippen molar-refractivity contribution >= 4 is 46.0 Å². The first-order valence-electron chi connectivity index (χ1n) is 6.54. The number of ether oxygens (including phenoxy) is 1. The summed E-state index contributed by atoms with van der Waals surface area (Å²) < 4.78 is 5.37. The van der Waals surface area contributed by atoms with E-state index >= 15 is 0 Å². The summed E-state index contributed by atoms with van der Waals surface area (Å²) in [6.07, 6.45) is 0. The summed E-state index contributed by atoms with van der Waals surface area (Å²) in [5, 5.41) is 9.33. The van der Waals surface area contributed by atoms with Gasteiger partial charge in [-0.2, -0.15) is 0 Å². The van der Waals surface area contributed by atoms with E-state index < -0.39 is 0 Å². The van der Waals surface area contributed by atoms with Crippen molar-refractivity contribution < 1.29 is 4.74 Å². The van der Waals surface area contributed by atoms with Gasteiger partial charge in [-0.25, -0.2) is 0 Å². The number of hydrogen-bond donors (Lipinski definition) is 1. The van der Waals surface area contributed by atoms with Crippen molar-refractivity contribution in [2.45, 2.75) is 13.1 Å². The molecule has 22 heavy (non-hydrogen) atoms. The van der Waals surface area contributed by atoms with Crippen LogP contribution in [0.2, 0.25) is 10.0 Å². The van der Waals surface area contributed by atoms with Crippen molar-refractivity contribution in [3.05, 3.63) is 63.1 Å². The number of para-hydroxylation sites is 1. The fourth-order valence-corrected chi connectivity index (χ4v) is 2.92. The number of amidine groups is 1. The van der Waals surface area contributed by atoms with E-state index in [0.29, 0.717) is 29.0 Å². The van der Waals surface area contributed by atoms with Gasteiger partial charge >= 0.3 is 0 Å². The van der Waals surface area contributed by atoms with Crippen LogP contribution in [0.5, 0.6) is 5.75 Å². The summed E-state index contributed by atoms with van der Waals surface area (Å²) in [4.78, 5) is 1.98. The minimum Gasteiger partial charge on any atom is -0.496 e. The van der Waals surface area contributed by atoms with Gasteiger partial charge in [0.05, 0.1) is 17.2 Å². The van der Waals surface area contributed by atoms with E-state index in [0.717, 1.165) is 22.4 Å². The zero-order valence-corrected chi connectivity index (χ0v) is 15.1. The minimum absolute atomic E-state index is 0. The standard InChI is InChI=1S/C16H14Cl2N2O.BrH/c1-21-15-5-3-2-4-10(15)8-20-9-11-6-13(17)14(18)7-12(11)16(20)19;/h2-7,19H,8-9H2,1H3;1H. The predicted octanol–water partition coefficient (Wildman–Crippen LogP) is 4.92. The van der Waals surface area contributed by atoms with E-state index in [9.17, 15) is 0 Å². The van der Waals surface area contributed by atoms with Gasteiger partial charge in [0.2, 0.25) is 0 Å². The molecule has 6 heteroatoms. The van der Waals surface area contributed by atoms with Crippen LogP contribution in [-0.4, -0.2) is 17.8 Å². The number of hydrogen-bond acceptors (Lipinski definition) is 2. The molecule has 1 aliphatic heterocycles. The van der Waals surface area contributed by atoms with Crippen LogP contribution in [0.25, 0.3) is 0 Å². The molecule has 0 saturated heterocycles. The molecule has 2 aromatic rings. The smallest absolute Gasteiger partial charge is 0.129 e. The van der Waals surface area contributed by atoms with Crippen molar-refractivity contribution in [3.63, 3.8) is 0 Å². The molecule has 2 aromatic carbocycles. The normalized spacial score (nSPS) is 12.9. The summed E-state index contributed by atoms with van der Waals surface area (Å²) in [6.45, 7) is 1.27. The van der Waals surface area contributed by atoms with Crippen molar-refractivity contribution in [2.75, 3.05) is 7.11 Å². The van der Waals surface area contributed by atoms with Gasteiger partial charge in [0.1, 0.15) is 11.6 Å². The molecule has 116 valence electrons. The second-order valence-electron chi connectivity index (χ2n) is 4.94. The van der Waals surface area contributed by atoms with E-state index in [2.05, 4.69) is 0 Å². The lowest BCUT2D eigenvalue weighted by molar-refractivity contribution is 0.382. The molecule has 0 bridgehead atoms. The molecule has 1 N–H and O–H groups in total. The molecule has 0 spiro atoms. The third-order valence-electron chi connectivity index (χ3n) is 3.63. The quantitative estimate of drug-likeness (QED) is 0.792. The average Bonchev–Trinajstić information content (AvgIpc) is 2.77. The highest BCUT2D eigenvalue weighted by molar-refractivity contribution is 8.93. The summed E-state index contributed by atoms with van der Waals surface area (Å²) in [6, 6.07) is 11.5. The van der Waals surface area contributed by atoms with Crippen LogP contribution in [-0.2, 0) is 13.1 Å². The van der Waals surface area contributed by atoms with Crippen molar-refractivity contribution in [1.82, 2.24) is 4.90 Å². The summed E-state index contributed by atoms with van der Waals surface area (Å²) >= 11 is 12.1. The van der Waals surface area contributed by atoms with Crippen LogP contribution in [0, 0.1) is 5.41 Å². The van der Waals surface area contributed by atoms with Crippen molar-refractivity contribution in [1.29, 1.82) is 5.41 Å². The molecule has 0 unspecified atom stereocenters. The van der Waals surface area contributed by atoms with Gasteiger partial charge in [0.15, 0.2) is 0 Å². The maximum Gasteiger partial charge on any atom is 0.129 e. The van der Waals surface area contributed by atoms with Crippen LogP contribution in [0.1, 0.15) is 16.7 Å². The van der Waals surface area contributed by atoms with E-state index in [1.807, 2.05) is 35.2 Å². The Morgan fingerprint density at radius 1 is 1.18 bits per heavy atom. The molecule has 3 nitrogen and oxygen atoms in total. The molecule has 1 heterocycles.